The molecule has 0 aromatic carbocycles. The van der Waals surface area contributed by atoms with Gasteiger partial charge in [-0.15, -0.1) is 0 Å². The van der Waals surface area contributed by atoms with E-state index in [2.05, 4.69) is 23.4 Å². The minimum atomic E-state index is 0.262. The first-order chi connectivity index (χ1) is 4.25. The first-order valence-electron chi connectivity index (χ1n) is 2.13. The van der Waals surface area contributed by atoms with Crippen LogP contribution in [-0.2, 0) is 0 Å². The van der Waals surface area contributed by atoms with Gasteiger partial charge in [-0.05, 0) is 5.16 Å². The Hall–Kier alpha value is -0.0651. The molecule has 0 saturated carbocycles. The Morgan fingerprint density at radius 3 is 2.56 bits per heavy atom. The lowest BCUT2D eigenvalue weighted by Crippen LogP contribution is -2.13. The molecule has 1 aromatic heterocycles. The molecule has 0 aliphatic rings. The largest absolute Gasteiger partial charge is 0.461 e. The maximum absolute atomic E-state index is 5.28. The highest BCUT2D eigenvalue weighted by Crippen LogP contribution is 2.06. The summed E-state index contributed by atoms with van der Waals surface area (Å²) >= 11 is 0. The average Bonchev–Trinajstić information content (AvgIpc) is 2.15. The molecule has 46 valence electrons. The van der Waals surface area contributed by atoms with Gasteiger partial charge >= 0.3 is 0 Å². The maximum Gasteiger partial charge on any atom is 0.262 e. The third-order valence-corrected chi connectivity index (χ3v) is 1.59. The molecular formula is C3H4BNO2P2. The molecule has 9 heavy (non-hydrogen) atoms. The zero-order chi connectivity index (χ0) is 6.85. The van der Waals surface area contributed by atoms with Crippen LogP contribution in [0.5, 0.6) is 5.88 Å². The summed E-state index contributed by atoms with van der Waals surface area (Å²) in [6, 6.07) is 0. The molecule has 2 atom stereocenters. The summed E-state index contributed by atoms with van der Waals surface area (Å²) in [7, 11) is 9.68. The summed E-state index contributed by atoms with van der Waals surface area (Å²) < 4.78 is 9.23. The van der Waals surface area contributed by atoms with Crippen molar-refractivity contribution in [1.29, 1.82) is 0 Å². The van der Waals surface area contributed by atoms with E-state index in [0.717, 1.165) is 0 Å². The highest BCUT2D eigenvalue weighted by Gasteiger charge is 2.05. The number of hydrogen-bond donors (Lipinski definition) is 0. The van der Waals surface area contributed by atoms with Crippen LogP contribution in [0.3, 0.4) is 0 Å². The summed E-state index contributed by atoms with van der Waals surface area (Å²) in [4.78, 5) is 0. The molecule has 0 aliphatic heterocycles. The van der Waals surface area contributed by atoms with Crippen LogP contribution in [0.4, 0.5) is 0 Å². The molecule has 0 bridgehead atoms. The van der Waals surface area contributed by atoms with Crippen LogP contribution < -0.4 is 15.5 Å². The first-order valence-corrected chi connectivity index (χ1v) is 3.18. The molecule has 0 saturated heterocycles. The molecule has 2 radical (unpaired) electrons. The zero-order valence-corrected chi connectivity index (χ0v) is 6.81. The van der Waals surface area contributed by atoms with Crippen LogP contribution in [-0.4, -0.2) is 13.0 Å². The molecule has 1 heterocycles. The lowest BCUT2D eigenvalue weighted by atomic mass is 10.1. The SMILES string of the molecule is [B]c1onc(OP)c1P. The van der Waals surface area contributed by atoms with E-state index in [4.69, 9.17) is 7.85 Å². The lowest BCUT2D eigenvalue weighted by Gasteiger charge is -1.89. The number of hydrogen-bond acceptors (Lipinski definition) is 3. The predicted octanol–water partition coefficient (Wildman–Crippen LogP) is -0.862. The van der Waals surface area contributed by atoms with Crippen LogP contribution in [0.25, 0.3) is 0 Å². The molecule has 0 spiro atoms. The van der Waals surface area contributed by atoms with Crippen molar-refractivity contribution >= 4 is 37.5 Å². The van der Waals surface area contributed by atoms with E-state index in [1.807, 2.05) is 9.47 Å². The van der Waals surface area contributed by atoms with Crippen molar-refractivity contribution in [3.05, 3.63) is 0 Å². The second-order valence-corrected chi connectivity index (χ2v) is 2.20. The Bertz CT molecular complexity index is 214. The minimum Gasteiger partial charge on any atom is -0.461 e. The van der Waals surface area contributed by atoms with Gasteiger partial charge in [-0.3, -0.25) is 0 Å². The Kier molecular flexibility index (Phi) is 2.10. The van der Waals surface area contributed by atoms with Gasteiger partial charge in [-0.1, -0.05) is 9.24 Å². The molecule has 0 N–H and O–H groups in total. The highest BCUT2D eigenvalue weighted by atomic mass is 31.0. The van der Waals surface area contributed by atoms with E-state index in [-0.39, 0.29) is 5.66 Å². The number of aromatic nitrogens is 1. The predicted molar refractivity (Wildman–Crippen MR) is 41.6 cm³/mol. The summed E-state index contributed by atoms with van der Waals surface area (Å²) in [5.41, 5.74) is 0.262. The van der Waals surface area contributed by atoms with Gasteiger partial charge < -0.3 is 9.05 Å². The Morgan fingerprint density at radius 1 is 1.67 bits per heavy atom. The maximum atomic E-state index is 5.28. The van der Waals surface area contributed by atoms with E-state index in [0.29, 0.717) is 11.2 Å². The second-order valence-electron chi connectivity index (χ2n) is 1.38. The Morgan fingerprint density at radius 2 is 2.33 bits per heavy atom. The van der Waals surface area contributed by atoms with Gasteiger partial charge in [-0.2, -0.15) is 0 Å². The van der Waals surface area contributed by atoms with Crippen LogP contribution in [0.1, 0.15) is 0 Å². The van der Waals surface area contributed by atoms with Crippen molar-refractivity contribution in [3.63, 3.8) is 0 Å². The quantitative estimate of drug-likeness (QED) is 0.394. The third-order valence-electron chi connectivity index (χ3n) is 0.834. The molecule has 0 aliphatic carbocycles. The van der Waals surface area contributed by atoms with Gasteiger partial charge in [0, 0.05) is 0 Å². The Balaban J connectivity index is 3.04. The van der Waals surface area contributed by atoms with Crippen molar-refractivity contribution in [3.8, 4) is 5.88 Å². The summed E-state index contributed by atoms with van der Waals surface area (Å²) in [5, 5.41) is 4.11. The molecule has 2 unspecified atom stereocenters. The van der Waals surface area contributed by atoms with Gasteiger partial charge in [0.05, 0.1) is 20.4 Å². The van der Waals surface area contributed by atoms with Crippen LogP contribution in [0.2, 0.25) is 0 Å². The van der Waals surface area contributed by atoms with Gasteiger partial charge in [0.2, 0.25) is 0 Å². The first kappa shape index (κ1) is 7.05. The van der Waals surface area contributed by atoms with Crippen molar-refractivity contribution < 1.29 is 9.05 Å². The smallest absolute Gasteiger partial charge is 0.262 e. The average molecular weight is 159 g/mol. The third kappa shape index (κ3) is 1.25. The molecule has 0 amide bonds. The zero-order valence-electron chi connectivity index (χ0n) is 4.50. The van der Waals surface area contributed by atoms with E-state index < -0.39 is 0 Å². The van der Waals surface area contributed by atoms with Gasteiger partial charge in [0.15, 0.2) is 7.85 Å². The molecule has 1 rings (SSSR count). The summed E-state index contributed by atoms with van der Waals surface area (Å²) in [6.45, 7) is 0. The fourth-order valence-electron chi connectivity index (χ4n) is 0.379. The standard InChI is InChI=1S/C3H4BNO2P2/c4-2-1(8)3(7-9)5-6-2/h8-9H2. The van der Waals surface area contributed by atoms with Crippen molar-refractivity contribution in [1.82, 2.24) is 5.16 Å². The number of nitrogens with zero attached hydrogens (tertiary/aromatic N) is 1. The second kappa shape index (κ2) is 2.68. The van der Waals surface area contributed by atoms with E-state index in [1.54, 1.807) is 0 Å². The molecular weight excluding hydrogens is 155 g/mol. The normalized spacial score (nSPS) is 9.56. The minimum absolute atomic E-state index is 0.262. The number of rotatable bonds is 1. The van der Waals surface area contributed by atoms with E-state index >= 15 is 0 Å². The van der Waals surface area contributed by atoms with Crippen LogP contribution in [0, 0.1) is 0 Å². The molecule has 6 heteroatoms. The monoisotopic (exact) mass is 159 g/mol. The highest BCUT2D eigenvalue weighted by molar-refractivity contribution is 7.28. The van der Waals surface area contributed by atoms with Crippen LogP contribution >= 0.6 is 18.7 Å². The Labute approximate surface area is 58.4 Å². The van der Waals surface area contributed by atoms with Gasteiger partial charge in [0.25, 0.3) is 5.88 Å². The van der Waals surface area contributed by atoms with E-state index in [9.17, 15) is 0 Å². The van der Waals surface area contributed by atoms with Gasteiger partial charge in [-0.25, -0.2) is 0 Å². The van der Waals surface area contributed by atoms with Crippen LogP contribution in [0.15, 0.2) is 4.52 Å². The van der Waals surface area contributed by atoms with E-state index in [1.165, 1.54) is 0 Å². The van der Waals surface area contributed by atoms with Gasteiger partial charge in [0.1, 0.15) is 0 Å². The molecule has 0 fully saturated rings. The lowest BCUT2D eigenvalue weighted by molar-refractivity contribution is 0.416. The van der Waals surface area contributed by atoms with Crippen molar-refractivity contribution in [2.45, 2.75) is 0 Å². The molecule has 1 aromatic rings. The van der Waals surface area contributed by atoms with Crippen molar-refractivity contribution in [2.75, 3.05) is 0 Å². The summed E-state index contributed by atoms with van der Waals surface area (Å²) in [5.74, 6) is 0.377. The fourth-order valence-corrected chi connectivity index (χ4v) is 0.859. The fraction of sp³-hybridized carbons (Fsp3) is 0. The summed E-state index contributed by atoms with van der Waals surface area (Å²) in [6.07, 6.45) is 0. The molecule has 3 nitrogen and oxygen atoms in total. The topological polar surface area (TPSA) is 35.3 Å². The van der Waals surface area contributed by atoms with Crippen molar-refractivity contribution in [2.24, 2.45) is 0 Å².